The number of phenols is 1. The smallest absolute Gasteiger partial charge is 0.415 e. The molecule has 0 fully saturated rings. The summed E-state index contributed by atoms with van der Waals surface area (Å²) in [6, 6.07) is 10.3. The van der Waals surface area contributed by atoms with Gasteiger partial charge in [0.25, 0.3) is 0 Å². The number of amides is 2. The molecule has 0 radical (unpaired) electrons. The number of hydrogen-bond donors (Lipinski definition) is 2. The molecule has 156 valence electrons. The topological polar surface area (TPSA) is 112 Å². The van der Waals surface area contributed by atoms with Crippen LogP contribution in [0.25, 0.3) is 0 Å². The molecule has 2 aromatic carbocycles. The molecule has 1 aliphatic rings. The zero-order valence-corrected chi connectivity index (χ0v) is 17.0. The van der Waals surface area contributed by atoms with Gasteiger partial charge in [-0.25, -0.2) is 9.69 Å². The Morgan fingerprint density at radius 3 is 2.03 bits per heavy atom. The lowest BCUT2D eigenvalue weighted by atomic mass is 9.81. The second kappa shape index (κ2) is 7.74. The average molecular weight is 409 g/mol. The number of Topliss-reactive ketones (excluding diaryl/α,β-unsaturated/α-hetero) is 2. The van der Waals surface area contributed by atoms with Crippen molar-refractivity contribution < 1.29 is 29.4 Å². The summed E-state index contributed by atoms with van der Waals surface area (Å²) in [6.07, 6.45) is -1.57. The van der Waals surface area contributed by atoms with Gasteiger partial charge in [0.1, 0.15) is 5.75 Å². The largest absolute Gasteiger partial charge is 0.508 e. The third-order valence-electron chi connectivity index (χ3n) is 5.39. The first kappa shape index (κ1) is 21.2. The number of fused-ring (bicyclic) bond motifs is 1. The van der Waals surface area contributed by atoms with E-state index in [1.165, 1.54) is 24.3 Å². The first-order valence-corrected chi connectivity index (χ1v) is 9.75. The van der Waals surface area contributed by atoms with Crippen molar-refractivity contribution >= 4 is 23.6 Å². The monoisotopic (exact) mass is 409 g/mol. The summed E-state index contributed by atoms with van der Waals surface area (Å²) >= 11 is 0. The molecule has 0 saturated heterocycles. The van der Waals surface area contributed by atoms with E-state index in [1.807, 2.05) is 13.8 Å². The van der Waals surface area contributed by atoms with Gasteiger partial charge >= 0.3 is 6.09 Å². The summed E-state index contributed by atoms with van der Waals surface area (Å²) in [5.74, 6) is -2.94. The number of carbonyl (C=O) groups is 4. The average Bonchev–Trinajstić information content (AvgIpc) is 2.91. The first-order valence-electron chi connectivity index (χ1n) is 9.75. The van der Waals surface area contributed by atoms with Crippen LogP contribution in [0.3, 0.4) is 0 Å². The Bertz CT molecular complexity index is 1020. The number of nitrogens with zero attached hydrogens (tertiary/aromatic N) is 1. The normalized spacial score (nSPS) is 14.7. The quantitative estimate of drug-likeness (QED) is 0.719. The highest BCUT2D eigenvalue weighted by molar-refractivity contribution is 6.35. The van der Waals surface area contributed by atoms with E-state index in [4.69, 9.17) is 0 Å². The Hall–Kier alpha value is -3.48. The van der Waals surface area contributed by atoms with Gasteiger partial charge in [0.15, 0.2) is 0 Å². The number of imide groups is 1. The van der Waals surface area contributed by atoms with E-state index in [-0.39, 0.29) is 29.0 Å². The van der Waals surface area contributed by atoms with Crippen LogP contribution in [0, 0.1) is 0 Å². The molecule has 2 amide bonds. The van der Waals surface area contributed by atoms with Crippen molar-refractivity contribution in [2.24, 2.45) is 0 Å². The summed E-state index contributed by atoms with van der Waals surface area (Å²) in [7, 11) is 0. The van der Waals surface area contributed by atoms with Crippen LogP contribution in [0.2, 0.25) is 0 Å². The number of rotatable bonds is 5. The molecule has 0 heterocycles. The Morgan fingerprint density at radius 2 is 1.60 bits per heavy atom. The van der Waals surface area contributed by atoms with Gasteiger partial charge in [-0.15, -0.1) is 0 Å². The minimum atomic E-state index is -2.50. The van der Waals surface area contributed by atoms with Crippen molar-refractivity contribution in [2.75, 3.05) is 0 Å². The molecule has 0 aliphatic heterocycles. The SMILES string of the molecule is CCCC(=O)N(C(=O)O)C1(c2ccc(C(C)C)cc2O)C(=O)c2ccccc2C1=O. The zero-order chi connectivity index (χ0) is 22.2. The van der Waals surface area contributed by atoms with Gasteiger partial charge < -0.3 is 10.2 Å². The van der Waals surface area contributed by atoms with Gasteiger partial charge in [0.05, 0.1) is 0 Å². The summed E-state index contributed by atoms with van der Waals surface area (Å²) in [5.41, 5.74) is -1.94. The van der Waals surface area contributed by atoms with Crippen molar-refractivity contribution in [2.45, 2.75) is 45.1 Å². The van der Waals surface area contributed by atoms with Crippen molar-refractivity contribution in [3.8, 4) is 5.75 Å². The maximum absolute atomic E-state index is 13.6. The van der Waals surface area contributed by atoms with E-state index in [2.05, 4.69) is 0 Å². The molecule has 3 rings (SSSR count). The summed E-state index contributed by atoms with van der Waals surface area (Å²) in [6.45, 7) is 5.49. The molecule has 0 atom stereocenters. The van der Waals surface area contributed by atoms with Crippen LogP contribution >= 0.6 is 0 Å². The van der Waals surface area contributed by atoms with Crippen molar-refractivity contribution in [3.05, 3.63) is 64.7 Å². The maximum Gasteiger partial charge on any atom is 0.415 e. The van der Waals surface area contributed by atoms with Crippen molar-refractivity contribution in [1.82, 2.24) is 4.90 Å². The lowest BCUT2D eigenvalue weighted by molar-refractivity contribution is -0.132. The number of ketones is 2. The van der Waals surface area contributed by atoms with Crippen LogP contribution in [-0.4, -0.2) is 38.7 Å². The summed E-state index contributed by atoms with van der Waals surface area (Å²) < 4.78 is 0. The predicted molar refractivity (Wildman–Crippen MR) is 109 cm³/mol. The Kier molecular flexibility index (Phi) is 5.48. The molecule has 1 aliphatic carbocycles. The molecule has 0 bridgehead atoms. The molecular formula is C23H23NO6. The minimum absolute atomic E-state index is 0.0189. The van der Waals surface area contributed by atoms with E-state index in [0.29, 0.717) is 11.3 Å². The molecule has 2 aromatic rings. The van der Waals surface area contributed by atoms with Gasteiger partial charge in [-0.3, -0.25) is 14.4 Å². The third kappa shape index (κ3) is 2.98. The number of hydrogen-bond acceptors (Lipinski definition) is 5. The molecule has 0 saturated carbocycles. The highest BCUT2D eigenvalue weighted by Gasteiger charge is 2.62. The Morgan fingerprint density at radius 1 is 1.03 bits per heavy atom. The maximum atomic E-state index is 13.6. The van der Waals surface area contributed by atoms with E-state index < -0.39 is 34.9 Å². The highest BCUT2D eigenvalue weighted by Crippen LogP contribution is 2.46. The number of aromatic hydroxyl groups is 1. The lowest BCUT2D eigenvalue weighted by Gasteiger charge is -2.36. The molecule has 2 N–H and O–H groups in total. The van der Waals surface area contributed by atoms with E-state index in [1.54, 1.807) is 25.1 Å². The molecule has 0 unspecified atom stereocenters. The second-order valence-electron chi connectivity index (χ2n) is 7.61. The summed E-state index contributed by atoms with van der Waals surface area (Å²) in [5, 5.41) is 20.7. The fraction of sp³-hybridized carbons (Fsp3) is 0.304. The lowest BCUT2D eigenvalue weighted by Crippen LogP contribution is -2.58. The van der Waals surface area contributed by atoms with E-state index in [9.17, 15) is 29.4 Å². The third-order valence-corrected chi connectivity index (χ3v) is 5.39. The molecule has 7 nitrogen and oxygen atoms in total. The predicted octanol–water partition coefficient (Wildman–Crippen LogP) is 4.10. The van der Waals surface area contributed by atoms with E-state index >= 15 is 0 Å². The fourth-order valence-corrected chi connectivity index (χ4v) is 3.92. The molecular weight excluding hydrogens is 386 g/mol. The molecule has 30 heavy (non-hydrogen) atoms. The van der Waals surface area contributed by atoms with Crippen LogP contribution < -0.4 is 0 Å². The van der Waals surface area contributed by atoms with Crippen molar-refractivity contribution in [1.29, 1.82) is 0 Å². The van der Waals surface area contributed by atoms with Gasteiger partial charge in [-0.1, -0.05) is 57.2 Å². The van der Waals surface area contributed by atoms with Gasteiger partial charge in [-0.2, -0.15) is 0 Å². The highest BCUT2D eigenvalue weighted by atomic mass is 16.4. The fourth-order valence-electron chi connectivity index (χ4n) is 3.92. The van der Waals surface area contributed by atoms with Crippen LogP contribution in [0.15, 0.2) is 42.5 Å². The molecule has 7 heteroatoms. The molecule has 0 aromatic heterocycles. The standard InChI is InChI=1S/C23H23NO6/c1-4-7-19(26)24(22(29)30)23(17-11-10-14(13(2)3)12-18(17)25)20(27)15-8-5-6-9-16(15)21(23)28/h5-6,8-13,25H,4,7H2,1-3H3,(H,29,30). The number of phenolic OH excluding ortho intramolecular Hbond substituents is 1. The zero-order valence-electron chi connectivity index (χ0n) is 17.0. The Labute approximate surface area is 173 Å². The van der Waals surface area contributed by atoms with Crippen LogP contribution in [0.4, 0.5) is 4.79 Å². The minimum Gasteiger partial charge on any atom is -0.508 e. The first-order chi connectivity index (χ1) is 14.2. The van der Waals surface area contributed by atoms with Crippen LogP contribution in [-0.2, 0) is 10.3 Å². The Balaban J connectivity index is 2.37. The number of benzene rings is 2. The van der Waals surface area contributed by atoms with Crippen LogP contribution in [0.1, 0.15) is 71.4 Å². The van der Waals surface area contributed by atoms with Gasteiger partial charge in [0.2, 0.25) is 23.0 Å². The number of carboxylic acid groups (broad SMARTS) is 1. The van der Waals surface area contributed by atoms with Gasteiger partial charge in [-0.05, 0) is 24.0 Å². The van der Waals surface area contributed by atoms with Crippen LogP contribution in [0.5, 0.6) is 5.75 Å². The van der Waals surface area contributed by atoms with E-state index in [0.717, 1.165) is 5.56 Å². The second-order valence-corrected chi connectivity index (χ2v) is 7.61. The van der Waals surface area contributed by atoms with Crippen molar-refractivity contribution in [3.63, 3.8) is 0 Å². The van der Waals surface area contributed by atoms with Gasteiger partial charge in [0, 0.05) is 23.1 Å². The number of carbonyl (C=O) groups excluding carboxylic acids is 3. The molecule has 0 spiro atoms. The summed E-state index contributed by atoms with van der Waals surface area (Å²) in [4.78, 5) is 52.5.